The normalized spacial score (nSPS) is 15.6. The Morgan fingerprint density at radius 2 is 2.00 bits per heavy atom. The van der Waals surface area contributed by atoms with Crippen molar-refractivity contribution in [3.63, 3.8) is 0 Å². The van der Waals surface area contributed by atoms with Gasteiger partial charge >= 0.3 is 6.03 Å². The van der Waals surface area contributed by atoms with Crippen LogP contribution < -0.4 is 5.32 Å². The zero-order chi connectivity index (χ0) is 22.2. The van der Waals surface area contributed by atoms with Crippen molar-refractivity contribution in [1.29, 1.82) is 0 Å². The number of nitrogens with one attached hydrogen (secondary N) is 1. The summed E-state index contributed by atoms with van der Waals surface area (Å²) in [6.45, 7) is 3.16. The predicted octanol–water partition coefficient (Wildman–Crippen LogP) is 2.77. The molecule has 2 aromatic rings. The fraction of sp³-hybridized carbons (Fsp3) is 0.435. The summed E-state index contributed by atoms with van der Waals surface area (Å²) in [6, 6.07) is 13.4. The van der Waals surface area contributed by atoms with E-state index in [1.165, 1.54) is 9.91 Å². The van der Waals surface area contributed by atoms with E-state index in [1.54, 1.807) is 7.11 Å². The van der Waals surface area contributed by atoms with Crippen LogP contribution in [0.4, 0.5) is 4.79 Å². The largest absolute Gasteiger partial charge is 0.383 e. The quantitative estimate of drug-likeness (QED) is 0.671. The summed E-state index contributed by atoms with van der Waals surface area (Å²) < 4.78 is 7.12. The third-order valence-corrected chi connectivity index (χ3v) is 5.29. The van der Waals surface area contributed by atoms with Crippen molar-refractivity contribution in [3.8, 4) is 0 Å². The number of benzene rings is 1. The van der Waals surface area contributed by atoms with Crippen molar-refractivity contribution >= 4 is 17.6 Å². The lowest BCUT2D eigenvalue weighted by Crippen LogP contribution is -2.47. The summed E-state index contributed by atoms with van der Waals surface area (Å²) in [4.78, 5) is 27.4. The Morgan fingerprint density at radius 3 is 2.65 bits per heavy atom. The van der Waals surface area contributed by atoms with Crippen molar-refractivity contribution in [2.24, 2.45) is 12.1 Å². The van der Waals surface area contributed by atoms with Crippen LogP contribution in [0.1, 0.15) is 37.1 Å². The van der Waals surface area contributed by atoms with Crippen LogP contribution in [0.5, 0.6) is 0 Å². The highest BCUT2D eigenvalue weighted by Crippen LogP contribution is 2.32. The lowest BCUT2D eigenvalue weighted by Gasteiger charge is -2.27. The van der Waals surface area contributed by atoms with Crippen molar-refractivity contribution in [1.82, 2.24) is 19.8 Å². The van der Waals surface area contributed by atoms with Gasteiger partial charge in [-0.2, -0.15) is 5.10 Å². The highest BCUT2D eigenvalue weighted by atomic mass is 16.5. The molecule has 0 spiro atoms. The molecule has 8 nitrogen and oxygen atoms in total. The number of nitrogens with zero attached hydrogens (tertiary/aromatic N) is 4. The molecule has 1 atom stereocenters. The van der Waals surface area contributed by atoms with Crippen molar-refractivity contribution in [2.75, 3.05) is 33.4 Å². The summed E-state index contributed by atoms with van der Waals surface area (Å²) in [7, 11) is 3.54. The zero-order valence-corrected chi connectivity index (χ0v) is 18.5. The first kappa shape index (κ1) is 22.6. The van der Waals surface area contributed by atoms with Gasteiger partial charge in [-0.1, -0.05) is 37.3 Å². The molecule has 2 heterocycles. The van der Waals surface area contributed by atoms with E-state index in [-0.39, 0.29) is 24.5 Å². The smallest absolute Gasteiger partial charge is 0.317 e. The van der Waals surface area contributed by atoms with Gasteiger partial charge in [-0.3, -0.25) is 4.79 Å². The number of aromatic nitrogens is 1. The molecule has 0 bridgehead atoms. The molecule has 0 fully saturated rings. The second-order valence-corrected chi connectivity index (χ2v) is 7.57. The number of amides is 3. The molecule has 0 saturated carbocycles. The van der Waals surface area contributed by atoms with E-state index >= 15 is 0 Å². The molecule has 3 rings (SSSR count). The van der Waals surface area contributed by atoms with Gasteiger partial charge in [0.2, 0.25) is 0 Å². The van der Waals surface area contributed by atoms with Gasteiger partial charge in [0.25, 0.3) is 5.91 Å². The van der Waals surface area contributed by atoms with Crippen molar-refractivity contribution in [2.45, 2.75) is 25.8 Å². The number of hydrazone groups is 1. The molecule has 0 radical (unpaired) electrons. The molecule has 1 aromatic heterocycles. The van der Waals surface area contributed by atoms with E-state index in [0.717, 1.165) is 23.4 Å². The van der Waals surface area contributed by atoms with Crippen LogP contribution in [0, 0.1) is 0 Å². The summed E-state index contributed by atoms with van der Waals surface area (Å²) in [5.41, 5.74) is 2.85. The van der Waals surface area contributed by atoms with Gasteiger partial charge in [0, 0.05) is 39.9 Å². The van der Waals surface area contributed by atoms with E-state index in [4.69, 9.17) is 9.84 Å². The lowest BCUT2D eigenvalue weighted by molar-refractivity contribution is -0.133. The minimum atomic E-state index is -0.269. The number of ether oxygens (including phenoxy) is 1. The molecule has 166 valence electrons. The Bertz CT molecular complexity index is 909. The van der Waals surface area contributed by atoms with Gasteiger partial charge in [-0.05, 0) is 24.1 Å². The van der Waals surface area contributed by atoms with E-state index in [0.29, 0.717) is 26.1 Å². The monoisotopic (exact) mass is 425 g/mol. The molecule has 31 heavy (non-hydrogen) atoms. The number of carbonyl (C=O) groups excluding carboxylic acids is 2. The average molecular weight is 426 g/mol. The van der Waals surface area contributed by atoms with E-state index < -0.39 is 0 Å². The highest BCUT2D eigenvalue weighted by molar-refractivity contribution is 6.02. The first-order chi connectivity index (χ1) is 15.0. The lowest BCUT2D eigenvalue weighted by atomic mass is 10.0. The van der Waals surface area contributed by atoms with Crippen LogP contribution >= 0.6 is 0 Å². The van der Waals surface area contributed by atoms with E-state index in [2.05, 4.69) is 5.32 Å². The summed E-state index contributed by atoms with van der Waals surface area (Å²) in [5, 5.41) is 9.07. The van der Waals surface area contributed by atoms with Gasteiger partial charge in [0.15, 0.2) is 0 Å². The van der Waals surface area contributed by atoms with Crippen molar-refractivity contribution < 1.29 is 14.3 Å². The molecule has 1 aliphatic rings. The van der Waals surface area contributed by atoms with Gasteiger partial charge in [-0.25, -0.2) is 9.80 Å². The molecular weight excluding hydrogens is 394 g/mol. The molecule has 1 N–H and O–H groups in total. The minimum Gasteiger partial charge on any atom is -0.383 e. The number of hydrogen-bond donors (Lipinski definition) is 1. The van der Waals surface area contributed by atoms with Crippen LogP contribution in [0.3, 0.4) is 0 Å². The Kier molecular flexibility index (Phi) is 7.83. The van der Waals surface area contributed by atoms with Gasteiger partial charge in [-0.15, -0.1) is 0 Å². The van der Waals surface area contributed by atoms with E-state index in [1.807, 2.05) is 67.2 Å². The number of hydrogen-bond acceptors (Lipinski definition) is 4. The standard InChI is InChI=1S/C23H31N5O3/c1-4-12-24-23(30)27(14-15-31-3)17-22(29)28-21(18-9-6-5-7-10-18)16-19(25-28)20-11-8-13-26(20)2/h5-11,13,21H,4,12,14-17H2,1-3H3,(H,24,30)/t21-/m0/s1. The topological polar surface area (TPSA) is 79.2 Å². The third-order valence-electron chi connectivity index (χ3n) is 5.29. The number of urea groups is 1. The number of methoxy groups -OCH3 is 1. The van der Waals surface area contributed by atoms with Gasteiger partial charge < -0.3 is 19.5 Å². The summed E-state index contributed by atoms with van der Waals surface area (Å²) in [6.07, 6.45) is 3.41. The molecule has 3 amide bonds. The fourth-order valence-electron chi connectivity index (χ4n) is 3.62. The minimum absolute atomic E-state index is 0.0633. The van der Waals surface area contributed by atoms with Crippen LogP contribution in [0.2, 0.25) is 0 Å². The second kappa shape index (κ2) is 10.8. The average Bonchev–Trinajstić information content (AvgIpc) is 3.41. The van der Waals surface area contributed by atoms with Crippen LogP contribution in [0.25, 0.3) is 0 Å². The zero-order valence-electron chi connectivity index (χ0n) is 18.5. The van der Waals surface area contributed by atoms with Gasteiger partial charge in [0.05, 0.1) is 24.1 Å². The highest BCUT2D eigenvalue weighted by Gasteiger charge is 2.34. The SMILES string of the molecule is CCCNC(=O)N(CCOC)CC(=O)N1N=C(c2cccn2C)C[C@H]1c1ccccc1. The number of carbonyl (C=O) groups is 2. The molecule has 1 aromatic carbocycles. The number of rotatable bonds is 9. The predicted molar refractivity (Wildman–Crippen MR) is 120 cm³/mol. The maximum atomic E-state index is 13.3. The fourth-order valence-corrected chi connectivity index (χ4v) is 3.62. The van der Waals surface area contributed by atoms with Crippen LogP contribution in [-0.4, -0.2) is 65.5 Å². The Labute approximate surface area is 183 Å². The maximum absolute atomic E-state index is 13.3. The van der Waals surface area contributed by atoms with Crippen LogP contribution in [-0.2, 0) is 16.6 Å². The first-order valence-corrected chi connectivity index (χ1v) is 10.6. The number of aryl methyl sites for hydroxylation is 1. The molecule has 0 saturated heterocycles. The molecular formula is C23H31N5O3. The molecule has 0 aliphatic carbocycles. The summed E-state index contributed by atoms with van der Waals surface area (Å²) >= 11 is 0. The Morgan fingerprint density at radius 1 is 1.23 bits per heavy atom. The van der Waals surface area contributed by atoms with Crippen molar-refractivity contribution in [3.05, 3.63) is 59.9 Å². The Hall–Kier alpha value is -3.13. The molecule has 8 heteroatoms. The maximum Gasteiger partial charge on any atom is 0.317 e. The third kappa shape index (κ3) is 5.52. The van der Waals surface area contributed by atoms with Gasteiger partial charge in [0.1, 0.15) is 6.54 Å². The van der Waals surface area contributed by atoms with E-state index in [9.17, 15) is 9.59 Å². The second-order valence-electron chi connectivity index (χ2n) is 7.57. The van der Waals surface area contributed by atoms with Crippen LogP contribution in [0.15, 0.2) is 53.8 Å². The summed E-state index contributed by atoms with van der Waals surface area (Å²) in [5.74, 6) is -0.221. The molecule has 1 aliphatic heterocycles. The first-order valence-electron chi connectivity index (χ1n) is 10.6. The molecule has 0 unspecified atom stereocenters. The Balaban J connectivity index is 1.83.